The second kappa shape index (κ2) is 8.68. The molecule has 1 aromatic heterocycles. The van der Waals surface area contributed by atoms with Gasteiger partial charge in [-0.1, -0.05) is 17.4 Å². The summed E-state index contributed by atoms with van der Waals surface area (Å²) in [6.45, 7) is 8.76. The SMILES string of the molecule is Cc1nc(NC(=O)NC(C)C(=O)NC(C)(C)C)sc1-c1ccc(S(C)(=O)=O)c(F)c1. The largest absolute Gasteiger partial charge is 0.350 e. The van der Waals surface area contributed by atoms with E-state index in [1.165, 1.54) is 12.1 Å². The van der Waals surface area contributed by atoms with E-state index < -0.39 is 33.3 Å². The maximum absolute atomic E-state index is 14.2. The van der Waals surface area contributed by atoms with Gasteiger partial charge in [-0.2, -0.15) is 0 Å². The van der Waals surface area contributed by atoms with Crippen molar-refractivity contribution in [1.82, 2.24) is 15.6 Å². The summed E-state index contributed by atoms with van der Waals surface area (Å²) in [5.41, 5.74) is 0.564. The molecule has 0 spiro atoms. The van der Waals surface area contributed by atoms with E-state index in [0.717, 1.165) is 23.7 Å². The topological polar surface area (TPSA) is 117 Å². The molecule has 0 aliphatic rings. The average Bonchev–Trinajstić information content (AvgIpc) is 2.91. The monoisotopic (exact) mass is 456 g/mol. The number of amides is 3. The van der Waals surface area contributed by atoms with Crippen LogP contribution in [0.1, 0.15) is 33.4 Å². The summed E-state index contributed by atoms with van der Waals surface area (Å²) in [4.78, 5) is 28.7. The third-order valence-electron chi connectivity index (χ3n) is 3.85. The molecule has 0 saturated heterocycles. The average molecular weight is 457 g/mol. The molecule has 1 atom stereocenters. The summed E-state index contributed by atoms with van der Waals surface area (Å²) >= 11 is 1.11. The molecule has 0 bridgehead atoms. The molecule has 1 heterocycles. The van der Waals surface area contributed by atoms with Crippen LogP contribution in [0.4, 0.5) is 14.3 Å². The first-order valence-corrected chi connectivity index (χ1v) is 11.7. The van der Waals surface area contributed by atoms with E-state index in [4.69, 9.17) is 0 Å². The van der Waals surface area contributed by atoms with Crippen molar-refractivity contribution in [1.29, 1.82) is 0 Å². The second-order valence-corrected chi connectivity index (χ2v) is 10.9. The lowest BCUT2D eigenvalue weighted by atomic mass is 10.1. The third kappa shape index (κ3) is 6.23. The molecule has 1 aromatic carbocycles. The number of sulfone groups is 1. The molecule has 0 aliphatic carbocycles. The van der Waals surface area contributed by atoms with Gasteiger partial charge in [-0.05, 0) is 52.3 Å². The van der Waals surface area contributed by atoms with Crippen LogP contribution < -0.4 is 16.0 Å². The zero-order valence-corrected chi connectivity index (χ0v) is 19.2. The molecule has 0 aliphatic heterocycles. The molecule has 2 aromatic rings. The summed E-state index contributed by atoms with van der Waals surface area (Å²) < 4.78 is 37.4. The van der Waals surface area contributed by atoms with Crippen molar-refractivity contribution in [2.45, 2.75) is 51.1 Å². The van der Waals surface area contributed by atoms with Gasteiger partial charge in [-0.25, -0.2) is 22.6 Å². The Morgan fingerprint density at radius 2 is 1.87 bits per heavy atom. The predicted molar refractivity (Wildman–Crippen MR) is 115 cm³/mol. The van der Waals surface area contributed by atoms with Crippen LogP contribution in [0, 0.1) is 12.7 Å². The number of carbonyl (C=O) groups excluding carboxylic acids is 2. The Labute approximate surface area is 179 Å². The van der Waals surface area contributed by atoms with E-state index >= 15 is 0 Å². The highest BCUT2D eigenvalue weighted by Gasteiger charge is 2.22. The summed E-state index contributed by atoms with van der Waals surface area (Å²) in [6, 6.07) is 2.45. The minimum Gasteiger partial charge on any atom is -0.350 e. The number of rotatable bonds is 5. The van der Waals surface area contributed by atoms with E-state index in [1.54, 1.807) is 13.8 Å². The fraction of sp³-hybridized carbons (Fsp3) is 0.421. The number of hydrogen-bond donors (Lipinski definition) is 3. The summed E-state index contributed by atoms with van der Waals surface area (Å²) in [5.74, 6) is -1.18. The molecule has 11 heteroatoms. The van der Waals surface area contributed by atoms with Crippen molar-refractivity contribution in [3.8, 4) is 10.4 Å². The van der Waals surface area contributed by atoms with Gasteiger partial charge in [-0.15, -0.1) is 0 Å². The molecule has 30 heavy (non-hydrogen) atoms. The Balaban J connectivity index is 2.12. The molecular weight excluding hydrogens is 431 g/mol. The van der Waals surface area contributed by atoms with Crippen molar-refractivity contribution in [3.63, 3.8) is 0 Å². The number of nitrogens with zero attached hydrogens (tertiary/aromatic N) is 1. The number of nitrogens with one attached hydrogen (secondary N) is 3. The van der Waals surface area contributed by atoms with Crippen LogP contribution in [0.3, 0.4) is 0 Å². The van der Waals surface area contributed by atoms with Crippen LogP contribution in [0.2, 0.25) is 0 Å². The fourth-order valence-corrected chi connectivity index (χ4v) is 4.22. The lowest BCUT2D eigenvalue weighted by molar-refractivity contribution is -0.123. The van der Waals surface area contributed by atoms with Crippen LogP contribution in [0.15, 0.2) is 23.1 Å². The quantitative estimate of drug-likeness (QED) is 0.639. The zero-order chi connectivity index (χ0) is 22.9. The fourth-order valence-electron chi connectivity index (χ4n) is 2.53. The Hall–Kier alpha value is -2.53. The van der Waals surface area contributed by atoms with Gasteiger partial charge >= 0.3 is 6.03 Å². The number of urea groups is 1. The minimum atomic E-state index is -3.67. The zero-order valence-electron chi connectivity index (χ0n) is 17.6. The van der Waals surface area contributed by atoms with Gasteiger partial charge in [-0.3, -0.25) is 10.1 Å². The molecule has 164 valence electrons. The molecule has 1 unspecified atom stereocenters. The van der Waals surface area contributed by atoms with Gasteiger partial charge in [0.15, 0.2) is 15.0 Å². The van der Waals surface area contributed by atoms with Crippen molar-refractivity contribution in [3.05, 3.63) is 29.7 Å². The molecule has 3 amide bonds. The van der Waals surface area contributed by atoms with E-state index in [2.05, 4.69) is 20.9 Å². The van der Waals surface area contributed by atoms with Crippen LogP contribution in [0.25, 0.3) is 10.4 Å². The molecular formula is C19H25FN4O4S2. The lowest BCUT2D eigenvalue weighted by Crippen LogP contribution is -2.51. The van der Waals surface area contributed by atoms with E-state index in [1.807, 2.05) is 20.8 Å². The van der Waals surface area contributed by atoms with Crippen LogP contribution >= 0.6 is 11.3 Å². The van der Waals surface area contributed by atoms with Gasteiger partial charge in [0.1, 0.15) is 16.8 Å². The van der Waals surface area contributed by atoms with Crippen LogP contribution in [0.5, 0.6) is 0 Å². The number of halogens is 1. The first-order chi connectivity index (χ1) is 13.7. The van der Waals surface area contributed by atoms with Crippen molar-refractivity contribution in [2.75, 3.05) is 11.6 Å². The number of anilines is 1. The van der Waals surface area contributed by atoms with E-state index in [-0.39, 0.29) is 15.9 Å². The Morgan fingerprint density at radius 1 is 1.23 bits per heavy atom. The van der Waals surface area contributed by atoms with E-state index in [0.29, 0.717) is 16.1 Å². The standard InChI is InChI=1S/C19H25FN4O4S2/c1-10-15(12-7-8-14(13(20)9-12)30(6,27)28)29-18(22-10)23-17(26)21-11(2)16(25)24-19(3,4)5/h7-9,11H,1-6H3,(H,24,25)(H2,21,22,23,26). The van der Waals surface area contributed by atoms with Gasteiger partial charge in [0.2, 0.25) is 5.91 Å². The van der Waals surface area contributed by atoms with Crippen molar-refractivity contribution in [2.24, 2.45) is 0 Å². The number of aromatic nitrogens is 1. The third-order valence-corrected chi connectivity index (χ3v) is 6.10. The Kier molecular flexibility index (Phi) is 6.87. The smallest absolute Gasteiger partial charge is 0.321 e. The van der Waals surface area contributed by atoms with Crippen LogP contribution in [-0.4, -0.2) is 43.2 Å². The molecule has 0 saturated carbocycles. The number of thiazole rings is 1. The highest BCUT2D eigenvalue weighted by atomic mass is 32.2. The summed E-state index contributed by atoms with van der Waals surface area (Å²) in [6.07, 6.45) is 0.937. The van der Waals surface area contributed by atoms with Gasteiger partial charge in [0.05, 0.1) is 10.6 Å². The number of hydrogen-bond acceptors (Lipinski definition) is 6. The summed E-state index contributed by atoms with van der Waals surface area (Å²) in [5, 5.41) is 8.12. The summed E-state index contributed by atoms with van der Waals surface area (Å²) in [7, 11) is -3.67. The molecule has 0 radical (unpaired) electrons. The maximum Gasteiger partial charge on any atom is 0.321 e. The number of aryl methyl sites for hydroxylation is 1. The normalized spacial score (nSPS) is 12.9. The van der Waals surface area contributed by atoms with Crippen molar-refractivity contribution >= 4 is 38.2 Å². The maximum atomic E-state index is 14.2. The minimum absolute atomic E-state index is 0.260. The van der Waals surface area contributed by atoms with E-state index in [9.17, 15) is 22.4 Å². The number of carbonyl (C=O) groups is 2. The van der Waals surface area contributed by atoms with Gasteiger partial charge < -0.3 is 10.6 Å². The Bertz CT molecular complexity index is 1070. The molecule has 2 rings (SSSR count). The van der Waals surface area contributed by atoms with Crippen LogP contribution in [-0.2, 0) is 14.6 Å². The first-order valence-electron chi connectivity index (χ1n) is 9.04. The molecule has 8 nitrogen and oxygen atoms in total. The Morgan fingerprint density at radius 3 is 2.40 bits per heavy atom. The van der Waals surface area contributed by atoms with Gasteiger partial charge in [0, 0.05) is 11.8 Å². The first kappa shape index (κ1) is 23.7. The highest BCUT2D eigenvalue weighted by Crippen LogP contribution is 2.34. The second-order valence-electron chi connectivity index (χ2n) is 7.91. The van der Waals surface area contributed by atoms with Crippen molar-refractivity contribution < 1.29 is 22.4 Å². The lowest BCUT2D eigenvalue weighted by Gasteiger charge is -2.23. The molecule has 0 fully saturated rings. The predicted octanol–water partition coefficient (Wildman–Crippen LogP) is 3.09. The molecule has 3 N–H and O–H groups in total. The number of benzene rings is 1. The van der Waals surface area contributed by atoms with Gasteiger partial charge in [0.25, 0.3) is 0 Å². The highest BCUT2D eigenvalue weighted by molar-refractivity contribution is 7.90.